The van der Waals surface area contributed by atoms with E-state index in [1.165, 1.54) is 28.0 Å². The zero-order valence-corrected chi connectivity index (χ0v) is 20.0. The second kappa shape index (κ2) is 10.8. The van der Waals surface area contributed by atoms with Gasteiger partial charge < -0.3 is 9.64 Å². The maximum Gasteiger partial charge on any atom is 0.242 e. The highest BCUT2D eigenvalue weighted by Crippen LogP contribution is 2.21. The van der Waals surface area contributed by atoms with Crippen LogP contribution >= 0.6 is 11.5 Å². The van der Waals surface area contributed by atoms with Crippen LogP contribution in [0.5, 0.6) is 5.75 Å². The van der Waals surface area contributed by atoms with Crippen LogP contribution in [0.1, 0.15) is 25.2 Å². The minimum absolute atomic E-state index is 0.226. The molecule has 0 amide bonds. The van der Waals surface area contributed by atoms with Gasteiger partial charge in [0.05, 0.1) is 11.5 Å². The fraction of sp³-hybridized carbons (Fsp3) is 0.364. The Morgan fingerprint density at radius 1 is 1.03 bits per heavy atom. The molecule has 1 aromatic heterocycles. The number of rotatable bonds is 11. The quantitative estimate of drug-likeness (QED) is 0.417. The molecule has 0 aliphatic carbocycles. The van der Waals surface area contributed by atoms with E-state index in [-0.39, 0.29) is 10.7 Å². The van der Waals surface area contributed by atoms with Gasteiger partial charge in [-0.2, -0.15) is 8.68 Å². The molecule has 2 aromatic carbocycles. The number of aromatic nitrogens is 2. The minimum Gasteiger partial charge on any atom is -0.494 e. The van der Waals surface area contributed by atoms with E-state index >= 15 is 0 Å². The molecule has 0 spiro atoms. The monoisotopic (exact) mass is 478 g/mol. The van der Waals surface area contributed by atoms with Crippen LogP contribution < -0.4 is 9.64 Å². The lowest BCUT2D eigenvalue weighted by Gasteiger charge is -2.23. The van der Waals surface area contributed by atoms with E-state index in [4.69, 9.17) is 4.74 Å². The van der Waals surface area contributed by atoms with E-state index in [0.29, 0.717) is 44.2 Å². The van der Waals surface area contributed by atoms with Crippen LogP contribution in [0.25, 0.3) is 0 Å². The SMILES string of the molecule is CCOc1ccc(S(=O)(=O)N(C)CCN(CC)c2nc(Cc3ccc(F)cc3)ns2)cc1. The third kappa shape index (κ3) is 6.02. The molecule has 32 heavy (non-hydrogen) atoms. The number of anilines is 1. The Morgan fingerprint density at radius 3 is 2.34 bits per heavy atom. The molecule has 7 nitrogen and oxygen atoms in total. The summed E-state index contributed by atoms with van der Waals surface area (Å²) < 4.78 is 50.0. The molecule has 0 unspecified atom stereocenters. The first-order chi connectivity index (χ1) is 15.3. The zero-order chi connectivity index (χ0) is 23.1. The largest absolute Gasteiger partial charge is 0.494 e. The molecule has 3 rings (SSSR count). The Balaban J connectivity index is 1.61. The van der Waals surface area contributed by atoms with Crippen molar-refractivity contribution in [1.82, 2.24) is 13.7 Å². The molecule has 0 saturated heterocycles. The van der Waals surface area contributed by atoms with Crippen LogP contribution in [0.3, 0.4) is 0 Å². The molecule has 10 heteroatoms. The second-order valence-electron chi connectivity index (χ2n) is 7.11. The third-order valence-corrected chi connectivity index (χ3v) is 7.60. The summed E-state index contributed by atoms with van der Waals surface area (Å²) in [4.78, 5) is 6.80. The first-order valence-corrected chi connectivity index (χ1v) is 12.6. The van der Waals surface area contributed by atoms with Crippen LogP contribution in [0.4, 0.5) is 9.52 Å². The van der Waals surface area contributed by atoms with E-state index in [2.05, 4.69) is 9.36 Å². The first kappa shape index (κ1) is 24.1. The Morgan fingerprint density at radius 2 is 1.72 bits per heavy atom. The molecule has 0 atom stereocenters. The Hall–Kier alpha value is -2.56. The molecular formula is C22H27FN4O3S2. The lowest BCUT2D eigenvalue weighted by molar-refractivity contribution is 0.340. The summed E-state index contributed by atoms with van der Waals surface area (Å²) in [6.07, 6.45) is 0.514. The highest BCUT2D eigenvalue weighted by atomic mass is 32.2. The highest BCUT2D eigenvalue weighted by Gasteiger charge is 2.22. The predicted octanol–water partition coefficient (Wildman–Crippen LogP) is 3.81. The van der Waals surface area contributed by atoms with Crippen LogP contribution in [0, 0.1) is 5.82 Å². The van der Waals surface area contributed by atoms with Crippen molar-refractivity contribution >= 4 is 26.7 Å². The summed E-state index contributed by atoms with van der Waals surface area (Å²) in [5, 5.41) is 0.733. The molecule has 1 heterocycles. The van der Waals surface area contributed by atoms with Crippen molar-refractivity contribution in [3.8, 4) is 5.75 Å². The summed E-state index contributed by atoms with van der Waals surface area (Å²) in [5.41, 5.74) is 0.931. The van der Waals surface area contributed by atoms with E-state index in [0.717, 1.165) is 10.7 Å². The van der Waals surface area contributed by atoms with Crippen molar-refractivity contribution in [3.05, 3.63) is 65.7 Å². The van der Waals surface area contributed by atoms with Gasteiger partial charge in [-0.15, -0.1) is 0 Å². The minimum atomic E-state index is -3.61. The summed E-state index contributed by atoms with van der Waals surface area (Å²) >= 11 is 1.28. The molecule has 0 saturated carbocycles. The first-order valence-electron chi connectivity index (χ1n) is 10.3. The Bertz CT molecular complexity index is 1100. The van der Waals surface area contributed by atoms with Gasteiger partial charge in [0.2, 0.25) is 15.2 Å². The number of hydrogen-bond donors (Lipinski definition) is 0. The molecule has 0 aliphatic heterocycles. The van der Waals surface area contributed by atoms with E-state index in [1.807, 2.05) is 18.7 Å². The number of benzene rings is 2. The average Bonchev–Trinajstić information content (AvgIpc) is 3.24. The lowest BCUT2D eigenvalue weighted by atomic mass is 10.1. The van der Waals surface area contributed by atoms with Crippen molar-refractivity contribution in [1.29, 1.82) is 0 Å². The average molecular weight is 479 g/mol. The highest BCUT2D eigenvalue weighted by molar-refractivity contribution is 7.89. The topological polar surface area (TPSA) is 75.6 Å². The van der Waals surface area contributed by atoms with Gasteiger partial charge in [-0.1, -0.05) is 12.1 Å². The van der Waals surface area contributed by atoms with Gasteiger partial charge in [0, 0.05) is 44.6 Å². The van der Waals surface area contributed by atoms with Crippen LogP contribution in [0.15, 0.2) is 53.4 Å². The fourth-order valence-corrected chi connectivity index (χ4v) is 4.99. The number of ether oxygens (including phenoxy) is 1. The van der Waals surface area contributed by atoms with Gasteiger partial charge in [0.15, 0.2) is 0 Å². The Kier molecular flexibility index (Phi) is 8.16. The van der Waals surface area contributed by atoms with Crippen molar-refractivity contribution in [2.45, 2.75) is 25.2 Å². The zero-order valence-electron chi connectivity index (χ0n) is 18.4. The maximum atomic E-state index is 13.1. The van der Waals surface area contributed by atoms with E-state index in [1.54, 1.807) is 43.4 Å². The molecule has 0 fully saturated rings. The molecule has 172 valence electrons. The molecule has 0 radical (unpaired) electrons. The number of hydrogen-bond acceptors (Lipinski definition) is 7. The maximum absolute atomic E-state index is 13.1. The van der Waals surface area contributed by atoms with Crippen molar-refractivity contribution in [2.24, 2.45) is 0 Å². The van der Waals surface area contributed by atoms with Crippen molar-refractivity contribution < 1.29 is 17.5 Å². The van der Waals surface area contributed by atoms with Gasteiger partial charge in [0.1, 0.15) is 17.4 Å². The standard InChI is InChI=1S/C22H27FN4O3S2/c1-4-27(22-24-21(25-31-22)16-17-6-8-18(23)9-7-17)15-14-26(3)32(28,29)20-12-10-19(11-13-20)30-5-2/h6-13H,4-5,14-16H2,1-3H3. The normalized spacial score (nSPS) is 11.7. The van der Waals surface area contributed by atoms with E-state index < -0.39 is 10.0 Å². The third-order valence-electron chi connectivity index (χ3n) is 4.91. The predicted molar refractivity (Wildman–Crippen MR) is 124 cm³/mol. The fourth-order valence-electron chi connectivity index (χ4n) is 3.06. The number of nitrogens with zero attached hydrogens (tertiary/aromatic N) is 4. The van der Waals surface area contributed by atoms with Gasteiger partial charge in [0.25, 0.3) is 0 Å². The molecular weight excluding hydrogens is 451 g/mol. The summed E-state index contributed by atoms with van der Waals surface area (Å²) in [6.45, 7) is 5.84. The molecule has 0 bridgehead atoms. The number of halogens is 1. The van der Waals surface area contributed by atoms with E-state index in [9.17, 15) is 12.8 Å². The van der Waals surface area contributed by atoms with Gasteiger partial charge in [-0.25, -0.2) is 17.8 Å². The smallest absolute Gasteiger partial charge is 0.242 e. The Labute approximate surface area is 192 Å². The number of likely N-dealkylation sites (N-methyl/N-ethyl adjacent to an activating group) is 2. The summed E-state index contributed by atoms with van der Waals surface area (Å²) in [6, 6.07) is 12.7. The van der Waals surface area contributed by atoms with Crippen LogP contribution in [-0.4, -0.2) is 55.4 Å². The number of sulfonamides is 1. The van der Waals surface area contributed by atoms with Crippen molar-refractivity contribution in [2.75, 3.05) is 38.2 Å². The molecule has 0 N–H and O–H groups in total. The van der Waals surface area contributed by atoms with Gasteiger partial charge in [-0.3, -0.25) is 0 Å². The van der Waals surface area contributed by atoms with Crippen LogP contribution in [0.2, 0.25) is 0 Å². The molecule has 3 aromatic rings. The molecule has 0 aliphatic rings. The van der Waals surface area contributed by atoms with Gasteiger partial charge in [-0.05, 0) is 55.8 Å². The van der Waals surface area contributed by atoms with Gasteiger partial charge >= 0.3 is 0 Å². The summed E-state index contributed by atoms with van der Waals surface area (Å²) in [7, 11) is -2.04. The second-order valence-corrected chi connectivity index (χ2v) is 9.88. The summed E-state index contributed by atoms with van der Waals surface area (Å²) in [5.74, 6) is 1.02. The van der Waals surface area contributed by atoms with Crippen molar-refractivity contribution in [3.63, 3.8) is 0 Å². The van der Waals surface area contributed by atoms with Crippen LogP contribution in [-0.2, 0) is 16.4 Å². The lowest BCUT2D eigenvalue weighted by Crippen LogP contribution is -2.36.